The molecule has 0 bridgehead atoms. The lowest BCUT2D eigenvalue weighted by molar-refractivity contribution is 0.315. The summed E-state index contributed by atoms with van der Waals surface area (Å²) in [6.07, 6.45) is 4.50. The van der Waals surface area contributed by atoms with Crippen molar-refractivity contribution in [2.24, 2.45) is 5.84 Å². The highest BCUT2D eigenvalue weighted by molar-refractivity contribution is 14.1. The van der Waals surface area contributed by atoms with Crippen LogP contribution < -0.4 is 16.0 Å². The zero-order valence-corrected chi connectivity index (χ0v) is 13.5. The number of nitrogens with zero attached hydrogens (tertiary/aromatic N) is 1. The Morgan fingerprint density at radius 2 is 2.15 bits per heavy atom. The van der Waals surface area contributed by atoms with E-state index in [1.807, 2.05) is 24.4 Å². The number of benzene rings is 1. The smallest absolute Gasteiger partial charge is 0.137 e. The van der Waals surface area contributed by atoms with Crippen molar-refractivity contribution in [1.29, 1.82) is 0 Å². The Balaban J connectivity index is 2.27. The minimum Gasteiger partial charge on any atom is -0.492 e. The molecule has 0 aliphatic carbocycles. The molecule has 0 saturated carbocycles. The number of aromatic nitrogens is 1. The van der Waals surface area contributed by atoms with Crippen LogP contribution in [0.2, 0.25) is 0 Å². The largest absolute Gasteiger partial charge is 0.492 e. The molecule has 0 aliphatic heterocycles. The van der Waals surface area contributed by atoms with E-state index in [4.69, 9.17) is 10.6 Å². The number of hydrazine groups is 1. The highest BCUT2D eigenvalue weighted by atomic mass is 127. The van der Waals surface area contributed by atoms with Gasteiger partial charge in [-0.05, 0) is 58.3 Å². The van der Waals surface area contributed by atoms with Gasteiger partial charge in [0.05, 0.1) is 18.8 Å². The van der Waals surface area contributed by atoms with Crippen LogP contribution in [0.1, 0.15) is 30.5 Å². The van der Waals surface area contributed by atoms with Crippen LogP contribution in [0.25, 0.3) is 0 Å². The Morgan fingerprint density at radius 1 is 1.30 bits per heavy atom. The molecule has 0 amide bonds. The van der Waals surface area contributed by atoms with E-state index >= 15 is 0 Å². The van der Waals surface area contributed by atoms with Gasteiger partial charge in [-0.15, -0.1) is 0 Å². The van der Waals surface area contributed by atoms with Gasteiger partial charge < -0.3 is 4.74 Å². The topological polar surface area (TPSA) is 60.2 Å². The van der Waals surface area contributed by atoms with Crippen molar-refractivity contribution in [1.82, 2.24) is 10.4 Å². The van der Waals surface area contributed by atoms with Gasteiger partial charge in [0, 0.05) is 9.77 Å². The molecule has 0 radical (unpaired) electrons. The number of pyridine rings is 1. The lowest BCUT2D eigenvalue weighted by Crippen LogP contribution is -2.29. The van der Waals surface area contributed by atoms with Gasteiger partial charge in [-0.25, -0.2) is 5.43 Å². The molecule has 3 N–H and O–H groups in total. The number of nitrogens with two attached hydrogens (primary N) is 1. The molecule has 2 rings (SSSR count). The molecule has 0 aliphatic rings. The van der Waals surface area contributed by atoms with Gasteiger partial charge in [-0.2, -0.15) is 0 Å². The number of rotatable bonds is 6. The van der Waals surface area contributed by atoms with Crippen molar-refractivity contribution < 1.29 is 4.74 Å². The average Bonchev–Trinajstić information content (AvgIpc) is 2.46. The lowest BCUT2D eigenvalue weighted by atomic mass is 10.0. The number of hydrogen-bond donors (Lipinski definition) is 2. The zero-order chi connectivity index (χ0) is 14.4. The third-order valence-corrected chi connectivity index (χ3v) is 3.56. The van der Waals surface area contributed by atoms with Gasteiger partial charge in [0.2, 0.25) is 0 Å². The molecule has 5 heteroatoms. The minimum absolute atomic E-state index is 0.0950. The van der Waals surface area contributed by atoms with Crippen LogP contribution in [-0.4, -0.2) is 11.6 Å². The lowest BCUT2D eigenvalue weighted by Gasteiger charge is -2.17. The third-order valence-electron chi connectivity index (χ3n) is 2.89. The van der Waals surface area contributed by atoms with E-state index in [0.717, 1.165) is 23.3 Å². The van der Waals surface area contributed by atoms with Crippen LogP contribution in [0.4, 0.5) is 0 Å². The molecule has 2 aromatic rings. The van der Waals surface area contributed by atoms with Crippen molar-refractivity contribution in [3.05, 3.63) is 57.4 Å². The second kappa shape index (κ2) is 7.56. The summed E-state index contributed by atoms with van der Waals surface area (Å²) in [6, 6.07) is 10.1. The molecular formula is C15H18IN3O. The molecular weight excluding hydrogens is 365 g/mol. The molecule has 0 saturated heterocycles. The molecule has 1 aromatic carbocycles. The van der Waals surface area contributed by atoms with Crippen molar-refractivity contribution >= 4 is 22.6 Å². The van der Waals surface area contributed by atoms with Gasteiger partial charge in [-0.1, -0.05) is 19.1 Å². The highest BCUT2D eigenvalue weighted by Crippen LogP contribution is 2.24. The summed E-state index contributed by atoms with van der Waals surface area (Å²) in [4.78, 5) is 4.23. The quantitative estimate of drug-likeness (QED) is 0.458. The molecule has 0 fully saturated rings. The van der Waals surface area contributed by atoms with E-state index in [-0.39, 0.29) is 6.04 Å². The zero-order valence-electron chi connectivity index (χ0n) is 11.3. The molecule has 106 valence electrons. The van der Waals surface area contributed by atoms with Crippen molar-refractivity contribution in [3.8, 4) is 5.75 Å². The van der Waals surface area contributed by atoms with Gasteiger partial charge in [-0.3, -0.25) is 10.8 Å². The number of hydrogen-bond acceptors (Lipinski definition) is 4. The van der Waals surface area contributed by atoms with E-state index in [9.17, 15) is 0 Å². The molecule has 1 aromatic heterocycles. The van der Waals surface area contributed by atoms with Crippen molar-refractivity contribution in [2.75, 3.05) is 6.61 Å². The maximum Gasteiger partial charge on any atom is 0.137 e. The monoisotopic (exact) mass is 383 g/mol. The molecule has 1 heterocycles. The van der Waals surface area contributed by atoms with E-state index < -0.39 is 0 Å². The Bertz CT molecular complexity index is 562. The second-order valence-electron chi connectivity index (χ2n) is 4.46. The normalized spacial score (nSPS) is 12.2. The summed E-state index contributed by atoms with van der Waals surface area (Å²) >= 11 is 2.29. The van der Waals surface area contributed by atoms with E-state index in [2.05, 4.69) is 52.1 Å². The molecule has 4 nitrogen and oxygen atoms in total. The fraction of sp³-hybridized carbons (Fsp3) is 0.267. The van der Waals surface area contributed by atoms with Crippen LogP contribution >= 0.6 is 22.6 Å². The summed E-state index contributed by atoms with van der Waals surface area (Å²) < 4.78 is 6.79. The Labute approximate surface area is 132 Å². The molecule has 20 heavy (non-hydrogen) atoms. The fourth-order valence-electron chi connectivity index (χ4n) is 1.96. The number of halogens is 1. The van der Waals surface area contributed by atoms with Gasteiger partial charge in [0.15, 0.2) is 0 Å². The first kappa shape index (κ1) is 15.2. The molecule has 1 atom stereocenters. The van der Waals surface area contributed by atoms with E-state index in [0.29, 0.717) is 6.61 Å². The summed E-state index contributed by atoms with van der Waals surface area (Å²) in [5, 5.41) is 0. The predicted octanol–water partition coefficient (Wildman–Crippen LogP) is 3.03. The van der Waals surface area contributed by atoms with Gasteiger partial charge in [0.25, 0.3) is 0 Å². The van der Waals surface area contributed by atoms with Crippen molar-refractivity contribution in [3.63, 3.8) is 0 Å². The second-order valence-corrected chi connectivity index (χ2v) is 5.70. The first-order chi connectivity index (χ1) is 9.74. The Kier molecular flexibility index (Phi) is 5.75. The maximum atomic E-state index is 5.72. The first-order valence-corrected chi connectivity index (χ1v) is 7.61. The van der Waals surface area contributed by atoms with Crippen LogP contribution in [0.5, 0.6) is 5.75 Å². The Hall–Kier alpha value is -1.18. The van der Waals surface area contributed by atoms with Crippen LogP contribution in [0.15, 0.2) is 42.7 Å². The number of nitrogens with one attached hydrogen (secondary N) is 1. The average molecular weight is 383 g/mol. The van der Waals surface area contributed by atoms with Crippen molar-refractivity contribution in [2.45, 2.75) is 19.4 Å². The minimum atomic E-state index is -0.0950. The van der Waals surface area contributed by atoms with Crippen LogP contribution in [0.3, 0.4) is 0 Å². The maximum absolute atomic E-state index is 5.72. The van der Waals surface area contributed by atoms with E-state index in [1.165, 1.54) is 3.57 Å². The van der Waals surface area contributed by atoms with E-state index in [1.54, 1.807) is 6.20 Å². The summed E-state index contributed by atoms with van der Waals surface area (Å²) in [5.74, 6) is 6.49. The SMILES string of the molecule is CCCOc1cncc(C(NN)c2cccc(I)c2)c1. The summed E-state index contributed by atoms with van der Waals surface area (Å²) in [6.45, 7) is 2.77. The fourth-order valence-corrected chi connectivity index (χ4v) is 2.53. The van der Waals surface area contributed by atoms with Gasteiger partial charge in [0.1, 0.15) is 5.75 Å². The highest BCUT2D eigenvalue weighted by Gasteiger charge is 2.13. The Morgan fingerprint density at radius 3 is 2.85 bits per heavy atom. The van der Waals surface area contributed by atoms with Gasteiger partial charge >= 0.3 is 0 Å². The molecule has 1 unspecified atom stereocenters. The van der Waals surface area contributed by atoms with Crippen LogP contribution in [0, 0.1) is 3.57 Å². The van der Waals surface area contributed by atoms with Crippen LogP contribution in [-0.2, 0) is 0 Å². The predicted molar refractivity (Wildman–Crippen MR) is 88.3 cm³/mol. The summed E-state index contributed by atoms with van der Waals surface area (Å²) in [7, 11) is 0. The standard InChI is InChI=1S/C15H18IN3O/c1-2-6-20-14-8-12(9-18-10-14)15(19-17)11-4-3-5-13(16)7-11/h3-5,7-10,15,19H,2,6,17H2,1H3. The number of ether oxygens (including phenoxy) is 1. The summed E-state index contributed by atoms with van der Waals surface area (Å²) in [5.41, 5.74) is 4.94. The molecule has 0 spiro atoms. The first-order valence-electron chi connectivity index (χ1n) is 6.54. The third kappa shape index (κ3) is 3.91.